The SMILES string of the molecule is COC(=O)CCN(C)C(=O)c1ccc(Oc2ccc(Br)cc2)nc1. The van der Waals surface area contributed by atoms with Crippen molar-refractivity contribution in [3.63, 3.8) is 0 Å². The topological polar surface area (TPSA) is 68.7 Å². The lowest BCUT2D eigenvalue weighted by Crippen LogP contribution is -2.29. The Kier molecular flexibility index (Phi) is 6.31. The lowest BCUT2D eigenvalue weighted by atomic mass is 10.2. The smallest absolute Gasteiger partial charge is 0.307 e. The van der Waals surface area contributed by atoms with Gasteiger partial charge in [-0.15, -0.1) is 0 Å². The van der Waals surface area contributed by atoms with Crippen molar-refractivity contribution < 1.29 is 19.1 Å². The van der Waals surface area contributed by atoms with Gasteiger partial charge in [-0.25, -0.2) is 4.98 Å². The molecule has 1 heterocycles. The van der Waals surface area contributed by atoms with E-state index in [-0.39, 0.29) is 24.8 Å². The molecule has 0 aliphatic carbocycles. The molecule has 2 rings (SSSR count). The van der Waals surface area contributed by atoms with Crippen LogP contribution in [0.25, 0.3) is 0 Å². The first-order valence-corrected chi connectivity index (χ1v) is 8.00. The maximum Gasteiger partial charge on any atom is 0.307 e. The van der Waals surface area contributed by atoms with Gasteiger partial charge in [-0.2, -0.15) is 0 Å². The molecule has 1 amide bonds. The van der Waals surface area contributed by atoms with Crippen molar-refractivity contribution in [1.29, 1.82) is 0 Å². The van der Waals surface area contributed by atoms with E-state index in [1.54, 1.807) is 19.2 Å². The van der Waals surface area contributed by atoms with Gasteiger partial charge in [0.2, 0.25) is 5.88 Å². The van der Waals surface area contributed by atoms with Crippen molar-refractivity contribution in [3.8, 4) is 11.6 Å². The van der Waals surface area contributed by atoms with Gasteiger partial charge < -0.3 is 14.4 Å². The number of hydrogen-bond donors (Lipinski definition) is 0. The summed E-state index contributed by atoms with van der Waals surface area (Å²) in [6.45, 7) is 0.280. The maximum atomic E-state index is 12.2. The number of hydrogen-bond acceptors (Lipinski definition) is 5. The highest BCUT2D eigenvalue weighted by Crippen LogP contribution is 2.21. The third-order valence-corrected chi connectivity index (χ3v) is 3.77. The Hall–Kier alpha value is -2.41. The van der Waals surface area contributed by atoms with Gasteiger partial charge in [0.05, 0.1) is 19.1 Å². The van der Waals surface area contributed by atoms with E-state index >= 15 is 0 Å². The fourth-order valence-electron chi connectivity index (χ4n) is 1.87. The van der Waals surface area contributed by atoms with Gasteiger partial charge in [-0.05, 0) is 30.3 Å². The molecule has 0 bridgehead atoms. The average Bonchev–Trinajstić information content (AvgIpc) is 2.61. The molecule has 1 aromatic heterocycles. The lowest BCUT2D eigenvalue weighted by Gasteiger charge is -2.16. The molecule has 0 N–H and O–H groups in total. The van der Waals surface area contributed by atoms with E-state index in [0.29, 0.717) is 17.2 Å². The van der Waals surface area contributed by atoms with Crippen LogP contribution in [-0.4, -0.2) is 42.5 Å². The van der Waals surface area contributed by atoms with E-state index in [0.717, 1.165) is 4.47 Å². The number of pyridine rings is 1. The zero-order valence-corrected chi connectivity index (χ0v) is 14.9. The molecule has 0 unspecified atom stereocenters. The van der Waals surface area contributed by atoms with E-state index in [1.807, 2.05) is 24.3 Å². The molecule has 0 spiro atoms. The first-order valence-electron chi connectivity index (χ1n) is 7.21. The Morgan fingerprint density at radius 2 is 1.88 bits per heavy atom. The number of ether oxygens (including phenoxy) is 2. The van der Waals surface area contributed by atoms with Crippen molar-refractivity contribution in [2.75, 3.05) is 20.7 Å². The van der Waals surface area contributed by atoms with Crippen LogP contribution < -0.4 is 4.74 Å². The number of carbonyl (C=O) groups is 2. The molecule has 0 aliphatic rings. The normalized spacial score (nSPS) is 10.1. The largest absolute Gasteiger partial charge is 0.469 e. The Labute approximate surface area is 148 Å². The molecule has 0 atom stereocenters. The van der Waals surface area contributed by atoms with E-state index in [9.17, 15) is 9.59 Å². The zero-order valence-electron chi connectivity index (χ0n) is 13.4. The highest BCUT2D eigenvalue weighted by atomic mass is 79.9. The number of amides is 1. The highest BCUT2D eigenvalue weighted by Gasteiger charge is 2.14. The number of aromatic nitrogens is 1. The molecular weight excluding hydrogens is 376 g/mol. The molecule has 0 saturated carbocycles. The monoisotopic (exact) mass is 392 g/mol. The van der Waals surface area contributed by atoms with Crippen LogP contribution in [0.15, 0.2) is 47.1 Å². The van der Waals surface area contributed by atoms with Crippen LogP contribution in [0.3, 0.4) is 0 Å². The summed E-state index contributed by atoms with van der Waals surface area (Å²) in [5, 5.41) is 0. The van der Waals surface area contributed by atoms with Gasteiger partial charge in [0.25, 0.3) is 5.91 Å². The summed E-state index contributed by atoms with van der Waals surface area (Å²) in [7, 11) is 2.94. The van der Waals surface area contributed by atoms with Gasteiger partial charge in [0.15, 0.2) is 0 Å². The quantitative estimate of drug-likeness (QED) is 0.705. The summed E-state index contributed by atoms with van der Waals surface area (Å²) in [6.07, 6.45) is 1.60. The van der Waals surface area contributed by atoms with Gasteiger partial charge in [-0.3, -0.25) is 9.59 Å². The molecule has 0 radical (unpaired) electrons. The maximum absolute atomic E-state index is 12.2. The summed E-state index contributed by atoms with van der Waals surface area (Å²) in [5.74, 6) is 0.471. The minimum atomic E-state index is -0.356. The van der Waals surface area contributed by atoms with Crippen molar-refractivity contribution in [1.82, 2.24) is 9.88 Å². The fourth-order valence-corrected chi connectivity index (χ4v) is 2.14. The van der Waals surface area contributed by atoms with Gasteiger partial charge in [0, 0.05) is 30.3 Å². The van der Waals surface area contributed by atoms with Crippen LogP contribution in [0.4, 0.5) is 0 Å². The molecule has 0 saturated heterocycles. The number of nitrogens with zero attached hydrogens (tertiary/aromatic N) is 2. The van der Waals surface area contributed by atoms with Crippen molar-refractivity contribution in [3.05, 3.63) is 52.6 Å². The standard InChI is InChI=1S/C17H17BrN2O4/c1-20(10-9-16(21)23-2)17(22)12-3-8-15(19-11-12)24-14-6-4-13(18)5-7-14/h3-8,11H,9-10H2,1-2H3. The van der Waals surface area contributed by atoms with Crippen molar-refractivity contribution >= 4 is 27.8 Å². The summed E-state index contributed by atoms with van der Waals surface area (Å²) in [4.78, 5) is 28.9. The van der Waals surface area contributed by atoms with Crippen LogP contribution in [-0.2, 0) is 9.53 Å². The first-order chi connectivity index (χ1) is 11.5. The molecule has 1 aromatic carbocycles. The average molecular weight is 393 g/mol. The first kappa shape index (κ1) is 17.9. The molecule has 2 aromatic rings. The number of rotatable bonds is 6. The van der Waals surface area contributed by atoms with E-state index < -0.39 is 0 Å². The number of carbonyl (C=O) groups excluding carboxylic acids is 2. The van der Waals surface area contributed by atoms with Crippen LogP contribution in [0.5, 0.6) is 11.6 Å². The van der Waals surface area contributed by atoms with Crippen molar-refractivity contribution in [2.45, 2.75) is 6.42 Å². The molecule has 0 aliphatic heterocycles. The minimum Gasteiger partial charge on any atom is -0.469 e. The zero-order chi connectivity index (χ0) is 17.5. The number of methoxy groups -OCH3 is 1. The number of halogens is 1. The Morgan fingerprint density at radius 3 is 2.46 bits per heavy atom. The van der Waals surface area contributed by atoms with Crippen molar-refractivity contribution in [2.24, 2.45) is 0 Å². The molecule has 24 heavy (non-hydrogen) atoms. The van der Waals surface area contributed by atoms with Crippen LogP contribution >= 0.6 is 15.9 Å². The van der Waals surface area contributed by atoms with E-state index in [1.165, 1.54) is 18.2 Å². The number of benzene rings is 1. The molecule has 0 fully saturated rings. The predicted molar refractivity (Wildman–Crippen MR) is 92.0 cm³/mol. The molecule has 7 heteroatoms. The third-order valence-electron chi connectivity index (χ3n) is 3.25. The summed E-state index contributed by atoms with van der Waals surface area (Å²) < 4.78 is 11.1. The Balaban J connectivity index is 1.96. The minimum absolute atomic E-state index is 0.150. The predicted octanol–water partition coefficient (Wildman–Crippen LogP) is 3.27. The second kappa shape index (κ2) is 8.44. The van der Waals surface area contributed by atoms with E-state index in [4.69, 9.17) is 4.74 Å². The summed E-state index contributed by atoms with van der Waals surface area (Å²) in [6, 6.07) is 10.6. The van der Waals surface area contributed by atoms with Gasteiger partial charge in [-0.1, -0.05) is 15.9 Å². The molecule has 126 valence electrons. The molecule has 6 nitrogen and oxygen atoms in total. The van der Waals surface area contributed by atoms with Crippen LogP contribution in [0.1, 0.15) is 16.8 Å². The lowest BCUT2D eigenvalue weighted by molar-refractivity contribution is -0.140. The van der Waals surface area contributed by atoms with Gasteiger partial charge in [0.1, 0.15) is 5.75 Å². The Morgan fingerprint density at radius 1 is 1.17 bits per heavy atom. The van der Waals surface area contributed by atoms with Gasteiger partial charge >= 0.3 is 5.97 Å². The fraction of sp³-hybridized carbons (Fsp3) is 0.235. The van der Waals surface area contributed by atoms with Crippen LogP contribution in [0.2, 0.25) is 0 Å². The second-order valence-corrected chi connectivity index (χ2v) is 5.91. The highest BCUT2D eigenvalue weighted by molar-refractivity contribution is 9.10. The summed E-state index contributed by atoms with van der Waals surface area (Å²) in [5.41, 5.74) is 0.422. The third kappa shape index (κ3) is 5.06. The van der Waals surface area contributed by atoms with E-state index in [2.05, 4.69) is 25.7 Å². The summed E-state index contributed by atoms with van der Waals surface area (Å²) >= 11 is 3.35. The molecular formula is C17H17BrN2O4. The second-order valence-electron chi connectivity index (χ2n) is 4.99. The number of esters is 1. The Bertz CT molecular complexity index is 702. The van der Waals surface area contributed by atoms with Crippen LogP contribution in [0, 0.1) is 0 Å².